The monoisotopic (exact) mass is 321 g/mol. The summed E-state index contributed by atoms with van der Waals surface area (Å²) in [6.45, 7) is 9.02. The first-order valence-corrected chi connectivity index (χ1v) is 8.68. The van der Waals surface area contributed by atoms with E-state index in [1.807, 2.05) is 0 Å². The van der Waals surface area contributed by atoms with E-state index in [1.54, 1.807) is 0 Å². The van der Waals surface area contributed by atoms with Gasteiger partial charge in [-0.3, -0.25) is 0 Å². The predicted octanol–water partition coefficient (Wildman–Crippen LogP) is 4.03. The summed E-state index contributed by atoms with van der Waals surface area (Å²) in [5.74, 6) is 0.944. The second-order valence-electron chi connectivity index (χ2n) is 7.00. The van der Waals surface area contributed by atoms with E-state index >= 15 is 0 Å². The van der Waals surface area contributed by atoms with Gasteiger partial charge < -0.3 is 0 Å². The lowest BCUT2D eigenvalue weighted by Crippen LogP contribution is -2.44. The van der Waals surface area contributed by atoms with E-state index in [-0.39, 0.29) is 0 Å². The smallest absolute Gasteiger partial charge is 0.0622 e. The third-order valence-corrected chi connectivity index (χ3v) is 4.52. The van der Waals surface area contributed by atoms with Gasteiger partial charge in [-0.05, 0) is 28.7 Å². The van der Waals surface area contributed by atoms with Gasteiger partial charge in [0.2, 0.25) is 5.69 Å². The van der Waals surface area contributed by atoms with Gasteiger partial charge in [-0.2, -0.15) is 0 Å². The SMILES string of the molecule is CC(C)c1cccc(C(C)C)c1-[n+]1cc(-c2ccccc2)[n+](C)[nH]1. The molecule has 0 saturated carbocycles. The van der Waals surface area contributed by atoms with Gasteiger partial charge in [-0.1, -0.05) is 68.8 Å². The summed E-state index contributed by atoms with van der Waals surface area (Å²) in [5, 5.41) is 3.48. The summed E-state index contributed by atoms with van der Waals surface area (Å²) in [6.07, 6.45) is 2.20. The number of hydrogen-bond acceptors (Lipinski definition) is 0. The molecule has 0 saturated heterocycles. The Balaban J connectivity index is 2.20. The summed E-state index contributed by atoms with van der Waals surface area (Å²) >= 11 is 0. The highest BCUT2D eigenvalue weighted by Gasteiger charge is 2.28. The summed E-state index contributed by atoms with van der Waals surface area (Å²) in [5.41, 5.74) is 6.40. The number of benzene rings is 2. The largest absolute Gasteiger partial charge is 0.307 e. The minimum Gasteiger partial charge on any atom is -0.0622 e. The molecule has 0 bridgehead atoms. The predicted molar refractivity (Wildman–Crippen MR) is 97.1 cm³/mol. The Morgan fingerprint density at radius 1 is 0.792 bits per heavy atom. The maximum Gasteiger partial charge on any atom is 0.307 e. The van der Waals surface area contributed by atoms with Crippen LogP contribution in [0.5, 0.6) is 0 Å². The summed E-state index contributed by atoms with van der Waals surface area (Å²) < 4.78 is 4.25. The van der Waals surface area contributed by atoms with E-state index in [0.29, 0.717) is 11.8 Å². The molecule has 0 aliphatic heterocycles. The highest BCUT2D eigenvalue weighted by atomic mass is 15.5. The lowest BCUT2D eigenvalue weighted by Gasteiger charge is -2.12. The average molecular weight is 321 g/mol. The van der Waals surface area contributed by atoms with Crippen molar-refractivity contribution >= 4 is 0 Å². The van der Waals surface area contributed by atoms with Crippen LogP contribution in [-0.4, -0.2) is 5.21 Å². The molecule has 0 spiro atoms. The molecule has 0 fully saturated rings. The Kier molecular flexibility index (Phi) is 4.52. The van der Waals surface area contributed by atoms with Gasteiger partial charge in [0.15, 0.2) is 7.05 Å². The van der Waals surface area contributed by atoms with Crippen LogP contribution < -0.4 is 9.36 Å². The summed E-state index contributed by atoms with van der Waals surface area (Å²) in [4.78, 5) is 0. The van der Waals surface area contributed by atoms with Gasteiger partial charge in [-0.25, -0.2) is 0 Å². The average Bonchev–Trinajstić information content (AvgIpc) is 2.96. The fourth-order valence-electron chi connectivity index (χ4n) is 3.23. The lowest BCUT2D eigenvalue weighted by atomic mass is 9.93. The van der Waals surface area contributed by atoms with Gasteiger partial charge >= 0.3 is 5.69 Å². The number of hydrogen-bond donors (Lipinski definition) is 1. The Labute approximate surface area is 144 Å². The van der Waals surface area contributed by atoms with E-state index in [1.165, 1.54) is 28.1 Å². The van der Waals surface area contributed by atoms with Crippen LogP contribution in [0.15, 0.2) is 54.7 Å². The Morgan fingerprint density at radius 2 is 1.38 bits per heavy atom. The molecule has 3 aromatic rings. The fourth-order valence-corrected chi connectivity index (χ4v) is 3.23. The Morgan fingerprint density at radius 3 is 1.92 bits per heavy atom. The van der Waals surface area contributed by atoms with Crippen LogP contribution in [0.2, 0.25) is 0 Å². The quantitative estimate of drug-likeness (QED) is 0.702. The van der Waals surface area contributed by atoms with Crippen molar-refractivity contribution in [1.82, 2.24) is 5.21 Å². The van der Waals surface area contributed by atoms with Gasteiger partial charge in [-0.15, -0.1) is 0 Å². The number of para-hydroxylation sites is 1. The third kappa shape index (κ3) is 2.99. The molecule has 3 heteroatoms. The van der Waals surface area contributed by atoms with Crippen molar-refractivity contribution in [2.24, 2.45) is 7.05 Å². The molecular weight excluding hydrogens is 294 g/mol. The zero-order valence-corrected chi connectivity index (χ0v) is 15.2. The molecule has 124 valence electrons. The molecule has 1 aromatic heterocycles. The number of nitrogens with zero attached hydrogens (tertiary/aromatic N) is 2. The minimum atomic E-state index is 0.472. The number of rotatable bonds is 4. The van der Waals surface area contributed by atoms with E-state index in [4.69, 9.17) is 0 Å². The number of nitrogens with one attached hydrogen (secondary N) is 1. The zero-order chi connectivity index (χ0) is 17.3. The Bertz CT molecular complexity index is 803. The van der Waals surface area contributed by atoms with Crippen LogP contribution in [0.1, 0.15) is 50.7 Å². The molecule has 0 radical (unpaired) electrons. The molecule has 24 heavy (non-hydrogen) atoms. The molecule has 0 unspecified atom stereocenters. The fraction of sp³-hybridized carbons (Fsp3) is 0.333. The molecule has 0 aliphatic carbocycles. The van der Waals surface area contributed by atoms with Crippen molar-refractivity contribution in [1.29, 1.82) is 0 Å². The number of aryl methyl sites for hydroxylation is 1. The molecule has 2 aromatic carbocycles. The molecule has 0 aliphatic rings. The van der Waals surface area contributed by atoms with Gasteiger partial charge in [0.05, 0.1) is 5.56 Å². The second kappa shape index (κ2) is 6.60. The molecule has 3 nitrogen and oxygen atoms in total. The van der Waals surface area contributed by atoms with Crippen molar-refractivity contribution in [2.75, 3.05) is 0 Å². The molecule has 0 atom stereocenters. The third-order valence-electron chi connectivity index (χ3n) is 4.52. The van der Waals surface area contributed by atoms with Crippen LogP contribution in [0.25, 0.3) is 16.9 Å². The summed E-state index contributed by atoms with van der Waals surface area (Å²) in [7, 11) is 2.06. The van der Waals surface area contributed by atoms with Gasteiger partial charge in [0.25, 0.3) is 6.20 Å². The van der Waals surface area contributed by atoms with Crippen LogP contribution in [0.3, 0.4) is 0 Å². The Hall–Kier alpha value is -2.42. The van der Waals surface area contributed by atoms with Crippen LogP contribution in [0, 0.1) is 0 Å². The van der Waals surface area contributed by atoms with E-state index < -0.39 is 0 Å². The van der Waals surface area contributed by atoms with Crippen molar-refractivity contribution in [3.8, 4) is 16.9 Å². The number of aromatic nitrogens is 3. The van der Waals surface area contributed by atoms with Crippen molar-refractivity contribution in [3.05, 3.63) is 65.9 Å². The normalized spacial score (nSPS) is 11.5. The highest BCUT2D eigenvalue weighted by Crippen LogP contribution is 2.27. The molecule has 0 amide bonds. The van der Waals surface area contributed by atoms with Crippen LogP contribution in [-0.2, 0) is 7.05 Å². The first kappa shape index (κ1) is 16.4. The van der Waals surface area contributed by atoms with E-state index in [0.717, 1.165) is 0 Å². The highest BCUT2D eigenvalue weighted by molar-refractivity contribution is 5.54. The van der Waals surface area contributed by atoms with Crippen LogP contribution >= 0.6 is 0 Å². The molecular formula is C21H27N3+2. The first-order valence-electron chi connectivity index (χ1n) is 8.68. The number of aromatic amines is 1. The second-order valence-corrected chi connectivity index (χ2v) is 7.00. The zero-order valence-electron chi connectivity index (χ0n) is 15.2. The van der Waals surface area contributed by atoms with Gasteiger partial charge in [0, 0.05) is 16.3 Å². The van der Waals surface area contributed by atoms with Crippen LogP contribution in [0.4, 0.5) is 0 Å². The maximum absolute atomic E-state index is 3.48. The lowest BCUT2D eigenvalue weighted by molar-refractivity contribution is -0.838. The standard InChI is InChI=1S/C21H26N3/c1-15(2)18-12-9-13-19(16(3)4)21(18)24-14-20(23(5)22-24)17-10-7-6-8-11-17/h6-16H,1-5H3/q+1/p+1. The topological polar surface area (TPSA) is 23.5 Å². The molecule has 1 N–H and O–H groups in total. The minimum absolute atomic E-state index is 0.472. The maximum atomic E-state index is 3.48. The first-order chi connectivity index (χ1) is 11.5. The number of H-pyrrole nitrogens is 1. The van der Waals surface area contributed by atoms with Crippen molar-refractivity contribution in [3.63, 3.8) is 0 Å². The van der Waals surface area contributed by atoms with E-state index in [2.05, 4.69) is 104 Å². The van der Waals surface area contributed by atoms with Gasteiger partial charge in [0.1, 0.15) is 0 Å². The molecule has 3 rings (SSSR count). The van der Waals surface area contributed by atoms with Crippen molar-refractivity contribution < 1.29 is 9.36 Å². The van der Waals surface area contributed by atoms with E-state index in [9.17, 15) is 0 Å². The molecule has 1 heterocycles. The van der Waals surface area contributed by atoms with Crippen molar-refractivity contribution in [2.45, 2.75) is 39.5 Å². The summed E-state index contributed by atoms with van der Waals surface area (Å²) in [6, 6.07) is 17.1.